The monoisotopic (exact) mass is 336 g/mol. The molecule has 6 nitrogen and oxygen atoms in total. The first-order chi connectivity index (χ1) is 12.3. The maximum absolute atomic E-state index is 9.56. The number of aromatic hydroxyl groups is 1. The average Bonchev–Trinajstić information content (AvgIpc) is 3.12. The summed E-state index contributed by atoms with van der Waals surface area (Å²) in [5, 5.41) is 16.1. The van der Waals surface area contributed by atoms with Gasteiger partial charge in [0.05, 0.1) is 6.20 Å². The van der Waals surface area contributed by atoms with Crippen LogP contribution in [0.2, 0.25) is 0 Å². The van der Waals surface area contributed by atoms with Crippen LogP contribution >= 0.6 is 0 Å². The second-order valence-corrected chi connectivity index (χ2v) is 5.99. The Morgan fingerprint density at radius 1 is 1.08 bits per heavy atom. The van der Waals surface area contributed by atoms with Crippen molar-refractivity contribution >= 4 is 17.4 Å². The highest BCUT2D eigenvalue weighted by atomic mass is 16.4. The highest BCUT2D eigenvalue weighted by molar-refractivity contribution is 5.62. The first kappa shape index (κ1) is 15.5. The van der Waals surface area contributed by atoms with Gasteiger partial charge in [0.15, 0.2) is 5.76 Å². The van der Waals surface area contributed by atoms with Crippen molar-refractivity contribution in [2.24, 2.45) is 0 Å². The third-order valence-corrected chi connectivity index (χ3v) is 4.24. The van der Waals surface area contributed by atoms with E-state index in [0.29, 0.717) is 11.8 Å². The number of hydrogen-bond acceptors (Lipinski definition) is 6. The minimum Gasteiger partial charge on any atom is -0.508 e. The second kappa shape index (κ2) is 6.86. The number of anilines is 3. The van der Waals surface area contributed by atoms with Gasteiger partial charge >= 0.3 is 0 Å². The molecule has 1 aliphatic rings. The van der Waals surface area contributed by atoms with Crippen LogP contribution in [0.5, 0.6) is 5.75 Å². The minimum absolute atomic E-state index is 0.201. The van der Waals surface area contributed by atoms with Crippen molar-refractivity contribution < 1.29 is 9.52 Å². The molecule has 2 aromatic carbocycles. The van der Waals surface area contributed by atoms with Crippen LogP contribution in [0.25, 0.3) is 11.3 Å². The Kier molecular flexibility index (Phi) is 4.26. The molecule has 0 amide bonds. The molecule has 3 N–H and O–H groups in total. The van der Waals surface area contributed by atoms with E-state index in [0.717, 1.165) is 37.4 Å². The highest BCUT2D eigenvalue weighted by Gasteiger charge is 2.11. The molecule has 1 aliphatic heterocycles. The Bertz CT molecular complexity index is 839. The summed E-state index contributed by atoms with van der Waals surface area (Å²) in [7, 11) is 0. The molecule has 4 rings (SSSR count). The molecular formula is C19H20N4O2. The number of nitrogens with zero attached hydrogens (tertiary/aromatic N) is 2. The van der Waals surface area contributed by atoms with Crippen molar-refractivity contribution in [1.29, 1.82) is 0 Å². The van der Waals surface area contributed by atoms with Crippen LogP contribution in [0.3, 0.4) is 0 Å². The van der Waals surface area contributed by atoms with Gasteiger partial charge < -0.3 is 25.1 Å². The molecular weight excluding hydrogens is 316 g/mol. The predicted octanol–water partition coefficient (Wildman–Crippen LogP) is 3.20. The number of phenolic OH excluding ortho intramolecular Hbond substituents is 1. The summed E-state index contributed by atoms with van der Waals surface area (Å²) in [4.78, 5) is 6.62. The Hall–Kier alpha value is -2.99. The van der Waals surface area contributed by atoms with Crippen LogP contribution in [0, 0.1) is 0 Å². The largest absolute Gasteiger partial charge is 0.508 e. The molecule has 1 aromatic heterocycles. The lowest BCUT2D eigenvalue weighted by Gasteiger charge is -2.29. The molecule has 1 saturated heterocycles. The maximum Gasteiger partial charge on any atom is 0.299 e. The molecule has 0 saturated carbocycles. The van der Waals surface area contributed by atoms with Crippen molar-refractivity contribution in [3.63, 3.8) is 0 Å². The van der Waals surface area contributed by atoms with Crippen molar-refractivity contribution in [2.75, 3.05) is 36.4 Å². The fourth-order valence-electron chi connectivity index (χ4n) is 2.93. The Balaban J connectivity index is 1.45. The summed E-state index contributed by atoms with van der Waals surface area (Å²) in [6.45, 7) is 4.10. The third kappa shape index (κ3) is 3.59. The summed E-state index contributed by atoms with van der Waals surface area (Å²) < 4.78 is 5.72. The maximum atomic E-state index is 9.56. The number of oxazole rings is 1. The van der Waals surface area contributed by atoms with Crippen LogP contribution in [0.15, 0.2) is 59.1 Å². The molecule has 128 valence electrons. The number of benzene rings is 2. The first-order valence-corrected chi connectivity index (χ1v) is 8.36. The van der Waals surface area contributed by atoms with E-state index in [1.54, 1.807) is 24.4 Å². The normalized spacial score (nSPS) is 14.5. The molecule has 0 radical (unpaired) electrons. The van der Waals surface area contributed by atoms with Crippen LogP contribution in [-0.2, 0) is 0 Å². The zero-order chi connectivity index (χ0) is 17.1. The quantitative estimate of drug-likeness (QED) is 0.679. The van der Waals surface area contributed by atoms with Crippen LogP contribution in [-0.4, -0.2) is 36.3 Å². The number of phenols is 1. The summed E-state index contributed by atoms with van der Waals surface area (Å²) >= 11 is 0. The van der Waals surface area contributed by atoms with Gasteiger partial charge in [0.25, 0.3) is 6.01 Å². The summed E-state index contributed by atoms with van der Waals surface area (Å²) in [6.07, 6.45) is 1.65. The van der Waals surface area contributed by atoms with E-state index in [4.69, 9.17) is 4.42 Å². The van der Waals surface area contributed by atoms with E-state index in [-0.39, 0.29) is 5.75 Å². The summed E-state index contributed by atoms with van der Waals surface area (Å²) in [5.74, 6) is 0.808. The standard InChI is InChI=1S/C19H20N4O2/c24-17-3-1-2-14(12-17)18-13-21-19(25-18)22-15-4-6-16(7-5-15)23-10-8-20-9-11-23/h1-7,12-13,20,24H,8-11H2,(H,21,22). The van der Waals surface area contributed by atoms with Crippen molar-refractivity contribution in [2.45, 2.75) is 0 Å². The second-order valence-electron chi connectivity index (χ2n) is 5.99. The van der Waals surface area contributed by atoms with Gasteiger partial charge in [0.2, 0.25) is 0 Å². The molecule has 0 unspecified atom stereocenters. The lowest BCUT2D eigenvalue weighted by molar-refractivity contribution is 0.475. The molecule has 0 spiro atoms. The fraction of sp³-hybridized carbons (Fsp3) is 0.211. The minimum atomic E-state index is 0.201. The summed E-state index contributed by atoms with van der Waals surface area (Å²) in [5.41, 5.74) is 2.93. The number of aromatic nitrogens is 1. The number of hydrogen-bond donors (Lipinski definition) is 3. The number of piperazine rings is 1. The molecule has 6 heteroatoms. The topological polar surface area (TPSA) is 73.6 Å². The van der Waals surface area contributed by atoms with Gasteiger partial charge in [-0.15, -0.1) is 0 Å². The first-order valence-electron chi connectivity index (χ1n) is 8.36. The zero-order valence-electron chi connectivity index (χ0n) is 13.8. The van der Waals surface area contributed by atoms with E-state index < -0.39 is 0 Å². The molecule has 0 aliphatic carbocycles. The van der Waals surface area contributed by atoms with Gasteiger partial charge in [-0.25, -0.2) is 4.98 Å². The molecule has 25 heavy (non-hydrogen) atoms. The molecule has 0 bridgehead atoms. The Morgan fingerprint density at radius 3 is 2.64 bits per heavy atom. The zero-order valence-corrected chi connectivity index (χ0v) is 13.8. The molecule has 2 heterocycles. The SMILES string of the molecule is Oc1cccc(-c2cnc(Nc3ccc(N4CCNCC4)cc3)o2)c1. The van der Waals surface area contributed by atoms with Gasteiger partial charge in [0, 0.05) is 43.1 Å². The average molecular weight is 336 g/mol. The summed E-state index contributed by atoms with van der Waals surface area (Å²) in [6, 6.07) is 15.6. The van der Waals surface area contributed by atoms with E-state index in [9.17, 15) is 5.11 Å². The van der Waals surface area contributed by atoms with Gasteiger partial charge in [-0.05, 0) is 36.4 Å². The van der Waals surface area contributed by atoms with E-state index >= 15 is 0 Å². The Morgan fingerprint density at radius 2 is 1.88 bits per heavy atom. The number of nitrogens with one attached hydrogen (secondary N) is 2. The highest BCUT2D eigenvalue weighted by Crippen LogP contribution is 2.27. The van der Waals surface area contributed by atoms with Crippen molar-refractivity contribution in [1.82, 2.24) is 10.3 Å². The van der Waals surface area contributed by atoms with Crippen molar-refractivity contribution in [3.8, 4) is 17.1 Å². The molecule has 1 fully saturated rings. The van der Waals surface area contributed by atoms with Gasteiger partial charge in [-0.1, -0.05) is 12.1 Å². The van der Waals surface area contributed by atoms with Gasteiger partial charge in [0.1, 0.15) is 5.75 Å². The fourth-order valence-corrected chi connectivity index (χ4v) is 2.93. The smallest absolute Gasteiger partial charge is 0.299 e. The van der Waals surface area contributed by atoms with E-state index in [2.05, 4.69) is 32.7 Å². The lowest BCUT2D eigenvalue weighted by atomic mass is 10.2. The lowest BCUT2D eigenvalue weighted by Crippen LogP contribution is -2.43. The van der Waals surface area contributed by atoms with E-state index in [1.807, 2.05) is 18.2 Å². The van der Waals surface area contributed by atoms with Crippen molar-refractivity contribution in [3.05, 3.63) is 54.7 Å². The molecule has 0 atom stereocenters. The van der Waals surface area contributed by atoms with Crippen LogP contribution < -0.4 is 15.5 Å². The number of rotatable bonds is 4. The van der Waals surface area contributed by atoms with Gasteiger partial charge in [-0.2, -0.15) is 0 Å². The van der Waals surface area contributed by atoms with Crippen LogP contribution in [0.4, 0.5) is 17.4 Å². The Labute approximate surface area is 146 Å². The predicted molar refractivity (Wildman–Crippen MR) is 98.4 cm³/mol. The third-order valence-electron chi connectivity index (χ3n) is 4.24. The van der Waals surface area contributed by atoms with Crippen LogP contribution in [0.1, 0.15) is 0 Å². The van der Waals surface area contributed by atoms with E-state index in [1.165, 1.54) is 5.69 Å². The molecule has 3 aromatic rings. The van der Waals surface area contributed by atoms with Gasteiger partial charge in [-0.3, -0.25) is 0 Å².